The fourth-order valence-electron chi connectivity index (χ4n) is 1.79. The minimum atomic E-state index is -0.594. The van der Waals surface area contributed by atoms with Crippen LogP contribution in [0.2, 0.25) is 0 Å². The summed E-state index contributed by atoms with van der Waals surface area (Å²) in [6.07, 6.45) is 0. The van der Waals surface area contributed by atoms with Crippen molar-refractivity contribution in [2.75, 3.05) is 17.7 Å². The van der Waals surface area contributed by atoms with Gasteiger partial charge in [0.25, 0.3) is 0 Å². The van der Waals surface area contributed by atoms with Crippen LogP contribution in [0.25, 0.3) is 0 Å². The first-order valence-electron chi connectivity index (χ1n) is 5.84. The van der Waals surface area contributed by atoms with Crippen LogP contribution in [0, 0.1) is 15.9 Å². The highest BCUT2D eigenvalue weighted by Gasteiger charge is 2.15. The molecule has 1 aromatic carbocycles. The Hall–Kier alpha value is -2.70. The lowest BCUT2D eigenvalue weighted by atomic mass is 10.2. The van der Waals surface area contributed by atoms with E-state index in [0.29, 0.717) is 11.4 Å². The van der Waals surface area contributed by atoms with E-state index in [1.807, 2.05) is 0 Å². The van der Waals surface area contributed by atoms with Crippen molar-refractivity contribution in [1.29, 1.82) is 0 Å². The van der Waals surface area contributed by atoms with Gasteiger partial charge in [0.1, 0.15) is 11.6 Å². The number of anilines is 2. The molecule has 0 saturated carbocycles. The van der Waals surface area contributed by atoms with Gasteiger partial charge in [0.15, 0.2) is 0 Å². The molecule has 0 aliphatic heterocycles. The Morgan fingerprint density at radius 1 is 1.35 bits per heavy atom. The molecule has 0 fully saturated rings. The number of pyridine rings is 1. The maximum Gasteiger partial charge on any atom is 0.311 e. The van der Waals surface area contributed by atoms with E-state index >= 15 is 0 Å². The summed E-state index contributed by atoms with van der Waals surface area (Å²) in [6, 6.07) is 9.16. The normalized spacial score (nSPS) is 10.3. The fourth-order valence-corrected chi connectivity index (χ4v) is 1.79. The molecule has 7 heteroatoms. The van der Waals surface area contributed by atoms with Crippen LogP contribution in [-0.2, 0) is 6.54 Å². The highest BCUT2D eigenvalue weighted by Crippen LogP contribution is 2.23. The van der Waals surface area contributed by atoms with Gasteiger partial charge >= 0.3 is 5.69 Å². The summed E-state index contributed by atoms with van der Waals surface area (Å²) in [5, 5.41) is 10.7. The van der Waals surface area contributed by atoms with Crippen molar-refractivity contribution in [1.82, 2.24) is 4.98 Å². The molecule has 2 aromatic rings. The van der Waals surface area contributed by atoms with Crippen LogP contribution < -0.4 is 10.6 Å². The molecule has 6 nitrogen and oxygen atoms in total. The molecule has 1 aromatic heterocycles. The number of rotatable bonds is 4. The summed E-state index contributed by atoms with van der Waals surface area (Å²) in [6.45, 7) is 0.289. The van der Waals surface area contributed by atoms with Gasteiger partial charge in [0, 0.05) is 25.2 Å². The third-order valence-corrected chi connectivity index (χ3v) is 2.84. The van der Waals surface area contributed by atoms with E-state index in [-0.39, 0.29) is 23.9 Å². The summed E-state index contributed by atoms with van der Waals surface area (Å²) in [5.74, 6) is -0.0292. The number of nitrogen functional groups attached to an aromatic ring is 1. The second kappa shape index (κ2) is 5.52. The molecule has 0 aliphatic rings. The maximum absolute atomic E-state index is 13.6. The molecule has 0 amide bonds. The van der Waals surface area contributed by atoms with Crippen LogP contribution in [0.1, 0.15) is 5.56 Å². The number of nitro groups is 1. The molecule has 0 atom stereocenters. The number of hydrogen-bond acceptors (Lipinski definition) is 5. The van der Waals surface area contributed by atoms with E-state index < -0.39 is 4.92 Å². The molecule has 0 spiro atoms. The fraction of sp³-hybridized carbons (Fsp3) is 0.154. The molecule has 0 unspecified atom stereocenters. The monoisotopic (exact) mass is 276 g/mol. The first kappa shape index (κ1) is 13.7. The van der Waals surface area contributed by atoms with E-state index in [0.717, 1.165) is 0 Å². The molecule has 2 rings (SSSR count). The van der Waals surface area contributed by atoms with Crippen molar-refractivity contribution in [3.05, 3.63) is 57.9 Å². The van der Waals surface area contributed by atoms with Gasteiger partial charge in [-0.3, -0.25) is 10.1 Å². The van der Waals surface area contributed by atoms with E-state index in [9.17, 15) is 14.5 Å². The largest absolute Gasteiger partial charge is 0.378 e. The number of aromatic nitrogens is 1. The molecule has 0 bridgehead atoms. The Morgan fingerprint density at radius 3 is 2.65 bits per heavy atom. The van der Waals surface area contributed by atoms with Crippen molar-refractivity contribution in [3.8, 4) is 0 Å². The highest BCUT2D eigenvalue weighted by atomic mass is 19.1. The third-order valence-electron chi connectivity index (χ3n) is 2.84. The topological polar surface area (TPSA) is 85.3 Å². The van der Waals surface area contributed by atoms with Gasteiger partial charge in [-0.2, -0.15) is 0 Å². The van der Waals surface area contributed by atoms with Crippen LogP contribution in [-0.4, -0.2) is 17.0 Å². The Kier molecular flexibility index (Phi) is 3.79. The van der Waals surface area contributed by atoms with Crippen molar-refractivity contribution < 1.29 is 9.31 Å². The van der Waals surface area contributed by atoms with Gasteiger partial charge in [-0.15, -0.1) is 0 Å². The average Bonchev–Trinajstić information content (AvgIpc) is 2.40. The quantitative estimate of drug-likeness (QED) is 0.684. The van der Waals surface area contributed by atoms with Crippen molar-refractivity contribution in [2.45, 2.75) is 6.54 Å². The Balaban J connectivity index is 2.22. The number of nitrogens with two attached hydrogens (primary N) is 1. The maximum atomic E-state index is 13.6. The Bertz CT molecular complexity index is 648. The Morgan fingerprint density at radius 2 is 2.05 bits per heavy atom. The molecular formula is C13H13FN4O2. The average molecular weight is 276 g/mol. The zero-order valence-electron chi connectivity index (χ0n) is 10.8. The molecular weight excluding hydrogens is 263 g/mol. The minimum absolute atomic E-state index is 0.159. The Labute approximate surface area is 114 Å². The number of halogens is 1. The zero-order valence-corrected chi connectivity index (χ0v) is 10.8. The molecule has 2 N–H and O–H groups in total. The molecule has 104 valence electrons. The second-order valence-corrected chi connectivity index (χ2v) is 4.28. The van der Waals surface area contributed by atoms with Crippen LogP contribution in [0.4, 0.5) is 21.7 Å². The van der Waals surface area contributed by atoms with E-state index in [4.69, 9.17) is 5.73 Å². The first-order valence-corrected chi connectivity index (χ1v) is 5.84. The second-order valence-electron chi connectivity index (χ2n) is 4.28. The van der Waals surface area contributed by atoms with Crippen molar-refractivity contribution in [2.24, 2.45) is 0 Å². The predicted octanol–water partition coefficient (Wildman–Crippen LogP) is 2.35. The van der Waals surface area contributed by atoms with Crippen LogP contribution in [0.3, 0.4) is 0 Å². The van der Waals surface area contributed by atoms with Crippen LogP contribution in [0.15, 0.2) is 36.4 Å². The highest BCUT2D eigenvalue weighted by molar-refractivity contribution is 5.57. The molecule has 0 aliphatic carbocycles. The molecule has 1 heterocycles. The molecule has 0 saturated heterocycles. The van der Waals surface area contributed by atoms with Crippen molar-refractivity contribution >= 4 is 17.3 Å². The third kappa shape index (κ3) is 2.82. The van der Waals surface area contributed by atoms with Gasteiger partial charge in [0.2, 0.25) is 5.82 Å². The molecule has 20 heavy (non-hydrogen) atoms. The van der Waals surface area contributed by atoms with Gasteiger partial charge in [-0.25, -0.2) is 9.37 Å². The lowest BCUT2D eigenvalue weighted by Gasteiger charge is -2.18. The SMILES string of the molecule is CN(Cc1ccccc1F)c1ccc([N+](=O)[O-])c(N)n1. The number of nitrogens with zero attached hydrogens (tertiary/aromatic N) is 3. The van der Waals surface area contributed by atoms with Gasteiger partial charge in [-0.05, 0) is 12.1 Å². The van der Waals surface area contributed by atoms with E-state index in [1.54, 1.807) is 30.1 Å². The minimum Gasteiger partial charge on any atom is -0.378 e. The van der Waals surface area contributed by atoms with Gasteiger partial charge in [-0.1, -0.05) is 18.2 Å². The van der Waals surface area contributed by atoms with E-state index in [1.165, 1.54) is 18.2 Å². The lowest BCUT2D eigenvalue weighted by molar-refractivity contribution is -0.384. The predicted molar refractivity (Wildman–Crippen MR) is 73.8 cm³/mol. The van der Waals surface area contributed by atoms with E-state index in [2.05, 4.69) is 4.98 Å². The lowest BCUT2D eigenvalue weighted by Crippen LogP contribution is -2.19. The van der Waals surface area contributed by atoms with Crippen LogP contribution >= 0.6 is 0 Å². The molecule has 0 radical (unpaired) electrons. The summed E-state index contributed by atoms with van der Waals surface area (Å²) < 4.78 is 13.6. The summed E-state index contributed by atoms with van der Waals surface area (Å²) in [5.41, 5.74) is 5.80. The van der Waals surface area contributed by atoms with Gasteiger partial charge < -0.3 is 10.6 Å². The zero-order chi connectivity index (χ0) is 14.7. The summed E-state index contributed by atoms with van der Waals surface area (Å²) in [4.78, 5) is 15.7. The smallest absolute Gasteiger partial charge is 0.311 e. The number of hydrogen-bond donors (Lipinski definition) is 1. The number of benzene rings is 1. The van der Waals surface area contributed by atoms with Crippen molar-refractivity contribution in [3.63, 3.8) is 0 Å². The van der Waals surface area contributed by atoms with Gasteiger partial charge in [0.05, 0.1) is 4.92 Å². The summed E-state index contributed by atoms with van der Waals surface area (Å²) >= 11 is 0. The van der Waals surface area contributed by atoms with Crippen LogP contribution in [0.5, 0.6) is 0 Å². The standard InChI is InChI=1S/C13H13FN4O2/c1-17(8-9-4-2-3-5-10(9)14)12-7-6-11(18(19)20)13(15)16-12/h2-7H,8H2,1H3,(H2,15,16). The summed E-state index contributed by atoms with van der Waals surface area (Å²) in [7, 11) is 1.71. The first-order chi connectivity index (χ1) is 9.49.